The normalized spacial score (nSPS) is 26.5. The lowest BCUT2D eigenvalue weighted by Gasteiger charge is -2.31. The van der Waals surface area contributed by atoms with Crippen LogP contribution in [0.25, 0.3) is 0 Å². The second-order valence-electron chi connectivity index (χ2n) is 5.93. The number of halogens is 2. The fourth-order valence-electron chi connectivity index (χ4n) is 2.23. The summed E-state index contributed by atoms with van der Waals surface area (Å²) in [6.07, 6.45) is 4.10. The lowest BCUT2D eigenvalue weighted by molar-refractivity contribution is 0.0487. The Labute approximate surface area is 127 Å². The van der Waals surface area contributed by atoms with Crippen molar-refractivity contribution in [2.24, 2.45) is 5.92 Å². The summed E-state index contributed by atoms with van der Waals surface area (Å²) in [5, 5.41) is 3.95. The van der Waals surface area contributed by atoms with Crippen LogP contribution in [-0.4, -0.2) is 27.9 Å². The zero-order valence-corrected chi connectivity index (χ0v) is 14.5. The number of hydrogen-bond acceptors (Lipinski definition) is 2. The molecule has 0 bridgehead atoms. The Kier molecular flexibility index (Phi) is 6.45. The molecule has 1 rings (SSSR count). The molecule has 1 aliphatic rings. The van der Waals surface area contributed by atoms with E-state index in [4.69, 9.17) is 4.74 Å². The van der Waals surface area contributed by atoms with Crippen LogP contribution in [-0.2, 0) is 4.74 Å². The minimum atomic E-state index is -0.418. The number of carbonyl (C=O) groups excluding carboxylic acids is 1. The van der Waals surface area contributed by atoms with E-state index in [9.17, 15) is 4.79 Å². The second-order valence-corrected chi connectivity index (χ2v) is 7.75. The van der Waals surface area contributed by atoms with Gasteiger partial charge in [0.2, 0.25) is 0 Å². The van der Waals surface area contributed by atoms with Crippen LogP contribution >= 0.6 is 31.9 Å². The van der Waals surface area contributed by atoms with Crippen molar-refractivity contribution in [3.8, 4) is 0 Å². The van der Waals surface area contributed by atoms with Crippen molar-refractivity contribution in [1.29, 1.82) is 0 Å². The summed E-state index contributed by atoms with van der Waals surface area (Å²) >= 11 is 7.19. The van der Waals surface area contributed by atoms with Crippen LogP contribution in [0.15, 0.2) is 0 Å². The third-order valence-electron chi connectivity index (χ3n) is 3.15. The molecular weight excluding hydrogens is 362 g/mol. The van der Waals surface area contributed by atoms with Gasteiger partial charge in [0.15, 0.2) is 0 Å². The monoisotopic (exact) mass is 383 g/mol. The van der Waals surface area contributed by atoms with Crippen LogP contribution in [0.5, 0.6) is 0 Å². The number of carbonyl (C=O) groups is 1. The molecule has 0 aromatic carbocycles. The van der Waals surface area contributed by atoms with Crippen molar-refractivity contribution in [3.63, 3.8) is 0 Å². The highest BCUT2D eigenvalue weighted by Crippen LogP contribution is 2.31. The molecule has 3 nitrogen and oxygen atoms in total. The molecule has 0 heterocycles. The average molecular weight is 385 g/mol. The van der Waals surface area contributed by atoms with Gasteiger partial charge in [0.25, 0.3) is 0 Å². The van der Waals surface area contributed by atoms with E-state index in [0.29, 0.717) is 10.7 Å². The topological polar surface area (TPSA) is 38.3 Å². The van der Waals surface area contributed by atoms with Gasteiger partial charge >= 0.3 is 6.09 Å². The van der Waals surface area contributed by atoms with Crippen LogP contribution in [0.4, 0.5) is 4.79 Å². The largest absolute Gasteiger partial charge is 0.444 e. The average Bonchev–Trinajstić information content (AvgIpc) is 2.26. The maximum atomic E-state index is 11.6. The molecule has 0 spiro atoms. The van der Waals surface area contributed by atoms with E-state index in [1.165, 1.54) is 0 Å². The number of amides is 1. The molecule has 0 radical (unpaired) electrons. The molecule has 106 valence electrons. The summed E-state index contributed by atoms with van der Waals surface area (Å²) in [6, 6.07) is 0.270. The standard InChI is InChI=1S/C13H23Br2NO2/c1-13(2,3)18-12(17)16-10-6-4-9(5-7-10)11(15)8-14/h9-11H,4-8H2,1-3H3,(H,16,17). The number of hydrogen-bond donors (Lipinski definition) is 1. The van der Waals surface area contributed by atoms with E-state index < -0.39 is 5.60 Å². The SMILES string of the molecule is CC(C)(C)OC(=O)NC1CCC(C(Br)CBr)CC1. The van der Waals surface area contributed by atoms with Gasteiger partial charge in [0, 0.05) is 16.2 Å². The van der Waals surface area contributed by atoms with Gasteiger partial charge in [-0.15, -0.1) is 0 Å². The van der Waals surface area contributed by atoms with E-state index in [1.807, 2.05) is 20.8 Å². The summed E-state index contributed by atoms with van der Waals surface area (Å²) in [6.45, 7) is 5.65. The molecule has 0 saturated heterocycles. The van der Waals surface area contributed by atoms with Crippen molar-refractivity contribution in [2.45, 2.75) is 62.9 Å². The van der Waals surface area contributed by atoms with Crippen LogP contribution in [0.2, 0.25) is 0 Å². The van der Waals surface area contributed by atoms with Crippen molar-refractivity contribution in [3.05, 3.63) is 0 Å². The van der Waals surface area contributed by atoms with Crippen molar-refractivity contribution < 1.29 is 9.53 Å². The fraction of sp³-hybridized carbons (Fsp3) is 0.923. The second kappa shape index (κ2) is 7.13. The molecule has 1 saturated carbocycles. The van der Waals surface area contributed by atoms with E-state index in [1.54, 1.807) is 0 Å². The summed E-state index contributed by atoms with van der Waals surface area (Å²) in [5.74, 6) is 0.709. The molecular formula is C13H23Br2NO2. The summed E-state index contributed by atoms with van der Waals surface area (Å²) in [7, 11) is 0. The quantitative estimate of drug-likeness (QED) is 0.739. The van der Waals surface area contributed by atoms with E-state index >= 15 is 0 Å². The zero-order chi connectivity index (χ0) is 13.8. The van der Waals surface area contributed by atoms with Crippen molar-refractivity contribution in [2.75, 3.05) is 5.33 Å². The van der Waals surface area contributed by atoms with Gasteiger partial charge < -0.3 is 10.1 Å². The molecule has 0 aliphatic heterocycles. The fourth-order valence-corrected chi connectivity index (χ4v) is 3.28. The van der Waals surface area contributed by atoms with Crippen LogP contribution < -0.4 is 5.32 Å². The first-order chi connectivity index (χ1) is 8.31. The maximum absolute atomic E-state index is 11.6. The molecule has 1 fully saturated rings. The predicted octanol–water partition coefficient (Wildman–Crippen LogP) is 4.23. The Morgan fingerprint density at radius 3 is 2.33 bits per heavy atom. The van der Waals surface area contributed by atoms with Crippen molar-refractivity contribution >= 4 is 38.0 Å². The first kappa shape index (κ1) is 16.3. The van der Waals surface area contributed by atoms with Gasteiger partial charge in [0.1, 0.15) is 5.60 Å². The molecule has 1 amide bonds. The third-order valence-corrected chi connectivity index (χ3v) is 5.79. The highest BCUT2D eigenvalue weighted by molar-refractivity contribution is 9.12. The molecule has 1 N–H and O–H groups in total. The van der Waals surface area contributed by atoms with Gasteiger partial charge in [-0.2, -0.15) is 0 Å². The summed E-state index contributed by atoms with van der Waals surface area (Å²) < 4.78 is 5.27. The predicted molar refractivity (Wildman–Crippen MR) is 81.6 cm³/mol. The van der Waals surface area contributed by atoms with Gasteiger partial charge in [-0.25, -0.2) is 4.79 Å². The molecule has 1 unspecified atom stereocenters. The van der Waals surface area contributed by atoms with Gasteiger partial charge in [-0.05, 0) is 52.4 Å². The molecule has 0 aromatic heterocycles. The molecule has 18 heavy (non-hydrogen) atoms. The minimum absolute atomic E-state index is 0.270. The van der Waals surface area contributed by atoms with Crippen LogP contribution in [0.3, 0.4) is 0 Å². The Hall–Kier alpha value is 0.230. The minimum Gasteiger partial charge on any atom is -0.444 e. The Balaban J connectivity index is 2.29. The van der Waals surface area contributed by atoms with Crippen LogP contribution in [0.1, 0.15) is 46.5 Å². The Morgan fingerprint density at radius 1 is 1.33 bits per heavy atom. The van der Waals surface area contributed by atoms with E-state index in [0.717, 1.165) is 31.0 Å². The molecule has 5 heteroatoms. The van der Waals surface area contributed by atoms with Gasteiger partial charge in [0.05, 0.1) is 0 Å². The van der Waals surface area contributed by atoms with E-state index in [-0.39, 0.29) is 12.1 Å². The summed E-state index contributed by atoms with van der Waals surface area (Å²) in [5.41, 5.74) is -0.418. The van der Waals surface area contributed by atoms with Crippen molar-refractivity contribution in [1.82, 2.24) is 5.32 Å². The van der Waals surface area contributed by atoms with Crippen LogP contribution in [0, 0.1) is 5.92 Å². The van der Waals surface area contributed by atoms with E-state index in [2.05, 4.69) is 37.2 Å². The number of alkyl halides is 2. The number of nitrogens with one attached hydrogen (secondary N) is 1. The lowest BCUT2D eigenvalue weighted by atomic mass is 9.84. The Morgan fingerprint density at radius 2 is 1.89 bits per heavy atom. The number of rotatable bonds is 3. The highest BCUT2D eigenvalue weighted by atomic mass is 79.9. The lowest BCUT2D eigenvalue weighted by Crippen LogP contribution is -2.41. The Bertz CT molecular complexity index is 271. The number of ether oxygens (including phenoxy) is 1. The van der Waals surface area contributed by atoms with Gasteiger partial charge in [-0.3, -0.25) is 0 Å². The maximum Gasteiger partial charge on any atom is 0.407 e. The van der Waals surface area contributed by atoms with Gasteiger partial charge in [-0.1, -0.05) is 31.9 Å². The molecule has 0 aromatic rings. The first-order valence-corrected chi connectivity index (χ1v) is 8.55. The third kappa shape index (κ3) is 5.91. The molecule has 1 aliphatic carbocycles. The summed E-state index contributed by atoms with van der Waals surface area (Å²) in [4.78, 5) is 12.2. The molecule has 1 atom stereocenters. The smallest absolute Gasteiger partial charge is 0.407 e. The highest BCUT2D eigenvalue weighted by Gasteiger charge is 2.27. The zero-order valence-electron chi connectivity index (χ0n) is 11.3. The first-order valence-electron chi connectivity index (χ1n) is 6.51. The number of alkyl carbamates (subject to hydrolysis) is 1.